The lowest BCUT2D eigenvalue weighted by Crippen LogP contribution is -2.56. The van der Waals surface area contributed by atoms with Gasteiger partial charge in [-0.25, -0.2) is 0 Å². The van der Waals surface area contributed by atoms with Crippen LogP contribution in [0.15, 0.2) is 4.99 Å². The van der Waals surface area contributed by atoms with Crippen molar-refractivity contribution in [3.8, 4) is 0 Å². The van der Waals surface area contributed by atoms with E-state index in [9.17, 15) is 0 Å². The zero-order valence-corrected chi connectivity index (χ0v) is 14.9. The molecule has 0 radical (unpaired) electrons. The quantitative estimate of drug-likeness (QED) is 0.578. The molecule has 124 valence electrons. The first kappa shape index (κ1) is 18.5. The molecule has 0 fully saturated rings. The Kier molecular flexibility index (Phi) is 8.98. The summed E-state index contributed by atoms with van der Waals surface area (Å²) in [5.41, 5.74) is 0.0554. The molecule has 0 aliphatic carbocycles. The van der Waals surface area contributed by atoms with Gasteiger partial charge in [-0.3, -0.25) is 9.89 Å². The van der Waals surface area contributed by atoms with Crippen molar-refractivity contribution in [2.24, 2.45) is 4.99 Å². The number of aliphatic imine (C=N–C) groups is 1. The summed E-state index contributed by atoms with van der Waals surface area (Å²) in [7, 11) is 0. The second kappa shape index (κ2) is 10.2. The molecule has 0 aromatic carbocycles. The van der Waals surface area contributed by atoms with Gasteiger partial charge in [0.25, 0.3) is 0 Å². The van der Waals surface area contributed by atoms with Crippen molar-refractivity contribution in [1.82, 2.24) is 10.2 Å². The van der Waals surface area contributed by atoms with Gasteiger partial charge in [0, 0.05) is 13.1 Å². The summed E-state index contributed by atoms with van der Waals surface area (Å²) in [6.07, 6.45) is 10.6. The normalized spacial score (nSPS) is 16.0. The number of hydrogen-bond acceptors (Lipinski definition) is 3. The molecule has 3 nitrogen and oxygen atoms in total. The number of rotatable bonds is 11. The summed E-state index contributed by atoms with van der Waals surface area (Å²) in [5, 5.41) is 3.52. The average molecular weight is 296 g/mol. The molecule has 1 rings (SSSR count). The Labute approximate surface area is 132 Å². The van der Waals surface area contributed by atoms with E-state index in [0.717, 1.165) is 13.1 Å². The Morgan fingerprint density at radius 3 is 2.33 bits per heavy atom. The predicted molar refractivity (Wildman–Crippen MR) is 94.2 cm³/mol. The maximum Gasteiger partial charge on any atom is 0.116 e. The molecule has 0 aromatic rings. The lowest BCUT2D eigenvalue weighted by Gasteiger charge is -2.40. The van der Waals surface area contributed by atoms with E-state index in [1.165, 1.54) is 70.3 Å². The smallest absolute Gasteiger partial charge is 0.116 e. The third kappa shape index (κ3) is 6.37. The zero-order chi connectivity index (χ0) is 15.6. The molecule has 0 amide bonds. The van der Waals surface area contributed by atoms with Gasteiger partial charge in [0.15, 0.2) is 0 Å². The Bertz CT molecular complexity index is 297. The topological polar surface area (TPSA) is 27.6 Å². The van der Waals surface area contributed by atoms with E-state index in [0.29, 0.717) is 0 Å². The van der Waals surface area contributed by atoms with E-state index in [-0.39, 0.29) is 5.54 Å². The van der Waals surface area contributed by atoms with Gasteiger partial charge < -0.3 is 5.32 Å². The first-order chi connectivity index (χ1) is 10.1. The fourth-order valence-electron chi connectivity index (χ4n) is 3.12. The van der Waals surface area contributed by atoms with E-state index in [1.807, 2.05) is 0 Å². The molecule has 0 aromatic heterocycles. The van der Waals surface area contributed by atoms with Crippen LogP contribution in [-0.4, -0.2) is 42.5 Å². The van der Waals surface area contributed by atoms with Gasteiger partial charge in [0.1, 0.15) is 5.84 Å². The van der Waals surface area contributed by atoms with Crippen LogP contribution in [0.25, 0.3) is 0 Å². The Morgan fingerprint density at radius 2 is 1.71 bits per heavy atom. The third-order valence-corrected chi connectivity index (χ3v) is 4.54. The second-order valence-corrected chi connectivity index (χ2v) is 6.82. The minimum Gasteiger partial charge on any atom is -0.372 e. The number of amidine groups is 1. The van der Waals surface area contributed by atoms with Crippen LogP contribution in [0.3, 0.4) is 0 Å². The van der Waals surface area contributed by atoms with Crippen molar-refractivity contribution in [2.75, 3.05) is 26.2 Å². The molecule has 0 saturated heterocycles. The predicted octanol–water partition coefficient (Wildman–Crippen LogP) is 4.23. The molecule has 0 atom stereocenters. The highest BCUT2D eigenvalue weighted by molar-refractivity contribution is 5.91. The lowest BCUT2D eigenvalue weighted by atomic mass is 9.98. The molecule has 0 unspecified atom stereocenters. The van der Waals surface area contributed by atoms with E-state index < -0.39 is 0 Å². The maximum absolute atomic E-state index is 4.74. The van der Waals surface area contributed by atoms with Gasteiger partial charge in [-0.1, -0.05) is 46.0 Å². The van der Waals surface area contributed by atoms with Crippen LogP contribution in [0.1, 0.15) is 79.1 Å². The van der Waals surface area contributed by atoms with Gasteiger partial charge in [0.05, 0.1) is 5.54 Å². The Balaban J connectivity index is 2.44. The Morgan fingerprint density at radius 1 is 1.00 bits per heavy atom. The molecule has 0 spiro atoms. The summed E-state index contributed by atoms with van der Waals surface area (Å²) >= 11 is 0. The molecule has 0 bridgehead atoms. The van der Waals surface area contributed by atoms with Crippen LogP contribution in [0, 0.1) is 0 Å². The highest BCUT2D eigenvalue weighted by Gasteiger charge is 2.32. The van der Waals surface area contributed by atoms with Crippen molar-refractivity contribution in [3.63, 3.8) is 0 Å². The fraction of sp³-hybridized carbons (Fsp3) is 0.944. The van der Waals surface area contributed by atoms with Crippen LogP contribution < -0.4 is 5.32 Å². The first-order valence-electron chi connectivity index (χ1n) is 9.16. The number of hydrogen-bond donors (Lipinski definition) is 1. The van der Waals surface area contributed by atoms with Crippen molar-refractivity contribution in [2.45, 2.75) is 84.6 Å². The molecule has 0 saturated carbocycles. The molecule has 1 N–H and O–H groups in total. The standard InChI is InChI=1S/C18H37N3/c1-5-7-8-9-10-11-16-21(15-6-2)18(3,4)17-19-13-12-14-20-17/h5-16H2,1-4H3,(H,19,20). The Hall–Kier alpha value is -0.570. The zero-order valence-electron chi connectivity index (χ0n) is 14.9. The van der Waals surface area contributed by atoms with E-state index in [4.69, 9.17) is 4.99 Å². The summed E-state index contributed by atoms with van der Waals surface area (Å²) < 4.78 is 0. The summed E-state index contributed by atoms with van der Waals surface area (Å²) in [6, 6.07) is 0. The van der Waals surface area contributed by atoms with Crippen molar-refractivity contribution in [1.29, 1.82) is 0 Å². The van der Waals surface area contributed by atoms with E-state index >= 15 is 0 Å². The molecule has 1 aliphatic heterocycles. The highest BCUT2D eigenvalue weighted by atomic mass is 15.2. The molecule has 1 aliphatic rings. The van der Waals surface area contributed by atoms with Gasteiger partial charge in [-0.15, -0.1) is 0 Å². The molecule has 21 heavy (non-hydrogen) atoms. The first-order valence-corrected chi connectivity index (χ1v) is 9.16. The second-order valence-electron chi connectivity index (χ2n) is 6.82. The number of nitrogens with zero attached hydrogens (tertiary/aromatic N) is 2. The average Bonchev–Trinajstić information content (AvgIpc) is 2.50. The van der Waals surface area contributed by atoms with Gasteiger partial charge in [-0.05, 0) is 46.2 Å². The van der Waals surface area contributed by atoms with Crippen LogP contribution in [-0.2, 0) is 0 Å². The van der Waals surface area contributed by atoms with Crippen LogP contribution in [0.5, 0.6) is 0 Å². The van der Waals surface area contributed by atoms with Crippen molar-refractivity contribution >= 4 is 5.84 Å². The van der Waals surface area contributed by atoms with Crippen LogP contribution in [0.2, 0.25) is 0 Å². The van der Waals surface area contributed by atoms with E-state index in [1.54, 1.807) is 0 Å². The van der Waals surface area contributed by atoms with Crippen LogP contribution in [0.4, 0.5) is 0 Å². The number of unbranched alkanes of at least 4 members (excludes halogenated alkanes) is 5. The molecule has 1 heterocycles. The molecular formula is C18H37N3. The fourth-order valence-corrected chi connectivity index (χ4v) is 3.12. The van der Waals surface area contributed by atoms with Gasteiger partial charge in [0.2, 0.25) is 0 Å². The van der Waals surface area contributed by atoms with Crippen molar-refractivity contribution < 1.29 is 0 Å². The largest absolute Gasteiger partial charge is 0.372 e. The minimum atomic E-state index is 0.0554. The number of nitrogens with one attached hydrogen (secondary N) is 1. The van der Waals surface area contributed by atoms with E-state index in [2.05, 4.69) is 37.9 Å². The SMILES string of the molecule is CCCCCCCCN(CCC)C(C)(C)C1=NCCCN1. The maximum atomic E-state index is 4.74. The third-order valence-electron chi connectivity index (χ3n) is 4.54. The highest BCUT2D eigenvalue weighted by Crippen LogP contribution is 2.19. The molecule has 3 heteroatoms. The van der Waals surface area contributed by atoms with Gasteiger partial charge >= 0.3 is 0 Å². The van der Waals surface area contributed by atoms with Crippen LogP contribution >= 0.6 is 0 Å². The minimum absolute atomic E-state index is 0.0554. The monoisotopic (exact) mass is 295 g/mol. The summed E-state index contributed by atoms with van der Waals surface area (Å²) in [6.45, 7) is 13.7. The summed E-state index contributed by atoms with van der Waals surface area (Å²) in [4.78, 5) is 7.37. The van der Waals surface area contributed by atoms with Crippen molar-refractivity contribution in [3.05, 3.63) is 0 Å². The lowest BCUT2D eigenvalue weighted by molar-refractivity contribution is 0.169. The van der Waals surface area contributed by atoms with Gasteiger partial charge in [-0.2, -0.15) is 0 Å². The summed E-state index contributed by atoms with van der Waals surface area (Å²) in [5.74, 6) is 1.20. The molecular weight excluding hydrogens is 258 g/mol.